The fraction of sp³-hybridized carbons (Fsp3) is 0.158. The molecule has 128 valence electrons. The van der Waals surface area contributed by atoms with Crippen molar-refractivity contribution in [2.75, 3.05) is 0 Å². The summed E-state index contributed by atoms with van der Waals surface area (Å²) in [7, 11) is 0. The second kappa shape index (κ2) is 7.61. The predicted octanol–water partition coefficient (Wildman–Crippen LogP) is 3.99. The van der Waals surface area contributed by atoms with Gasteiger partial charge in [0.25, 0.3) is 0 Å². The maximum atomic E-state index is 12.9. The summed E-state index contributed by atoms with van der Waals surface area (Å²) < 4.78 is 28.7. The lowest BCUT2D eigenvalue weighted by Crippen LogP contribution is -2.26. The first-order valence-electron chi connectivity index (χ1n) is 7.72. The van der Waals surface area contributed by atoms with Crippen molar-refractivity contribution in [2.45, 2.75) is 19.6 Å². The van der Waals surface area contributed by atoms with Gasteiger partial charge >= 0.3 is 5.97 Å². The third-order valence-electron chi connectivity index (χ3n) is 3.44. The van der Waals surface area contributed by atoms with Crippen molar-refractivity contribution in [3.05, 3.63) is 72.2 Å². The van der Waals surface area contributed by atoms with E-state index in [1.807, 2.05) is 30.3 Å². The Balaban J connectivity index is 1.53. The third kappa shape index (κ3) is 4.44. The average Bonchev–Trinajstić information content (AvgIpc) is 3.11. The second-order valence-corrected chi connectivity index (χ2v) is 5.37. The van der Waals surface area contributed by atoms with E-state index in [0.717, 1.165) is 5.56 Å². The van der Waals surface area contributed by atoms with Gasteiger partial charge in [-0.2, -0.15) is 0 Å². The largest absolute Gasteiger partial charge is 0.479 e. The minimum Gasteiger partial charge on any atom is -0.479 e. The van der Waals surface area contributed by atoms with Crippen LogP contribution in [-0.2, 0) is 16.1 Å². The van der Waals surface area contributed by atoms with Gasteiger partial charge in [-0.05, 0) is 31.2 Å². The third-order valence-corrected chi connectivity index (χ3v) is 3.44. The fourth-order valence-electron chi connectivity index (χ4n) is 2.15. The first-order valence-corrected chi connectivity index (χ1v) is 7.72. The van der Waals surface area contributed by atoms with Crippen LogP contribution in [0.4, 0.5) is 4.39 Å². The molecule has 0 saturated heterocycles. The molecule has 0 bridgehead atoms. The quantitative estimate of drug-likeness (QED) is 0.634. The Morgan fingerprint density at radius 3 is 2.60 bits per heavy atom. The van der Waals surface area contributed by atoms with Gasteiger partial charge in [0.2, 0.25) is 0 Å². The number of carbonyl (C=O) groups excluding carboxylic acids is 1. The SMILES string of the molecule is CC(Oc1ccc(F)cc1)C(=O)OCc1cc(-c2ccccc2)on1. The van der Waals surface area contributed by atoms with Crippen molar-refractivity contribution in [3.63, 3.8) is 0 Å². The van der Waals surface area contributed by atoms with Crippen LogP contribution in [0.25, 0.3) is 11.3 Å². The molecule has 0 amide bonds. The second-order valence-electron chi connectivity index (χ2n) is 5.37. The van der Waals surface area contributed by atoms with Crippen LogP contribution in [0.1, 0.15) is 12.6 Å². The van der Waals surface area contributed by atoms with Crippen LogP contribution in [0.3, 0.4) is 0 Å². The summed E-state index contributed by atoms with van der Waals surface area (Å²) in [4.78, 5) is 12.0. The molecule has 0 spiro atoms. The zero-order valence-corrected chi connectivity index (χ0v) is 13.5. The zero-order valence-electron chi connectivity index (χ0n) is 13.5. The summed E-state index contributed by atoms with van der Waals surface area (Å²) in [5, 5.41) is 3.88. The number of ether oxygens (including phenoxy) is 2. The Hall–Kier alpha value is -3.15. The lowest BCUT2D eigenvalue weighted by atomic mass is 10.2. The molecule has 2 aromatic carbocycles. The molecule has 0 N–H and O–H groups in total. The molecule has 5 nitrogen and oxygen atoms in total. The van der Waals surface area contributed by atoms with Crippen LogP contribution in [0.5, 0.6) is 5.75 Å². The maximum Gasteiger partial charge on any atom is 0.347 e. The molecule has 3 rings (SSSR count). The van der Waals surface area contributed by atoms with Gasteiger partial charge in [-0.25, -0.2) is 9.18 Å². The summed E-state index contributed by atoms with van der Waals surface area (Å²) >= 11 is 0. The van der Waals surface area contributed by atoms with Crippen LogP contribution >= 0.6 is 0 Å². The van der Waals surface area contributed by atoms with E-state index in [1.54, 1.807) is 13.0 Å². The van der Waals surface area contributed by atoms with Crippen molar-refractivity contribution in [1.29, 1.82) is 0 Å². The van der Waals surface area contributed by atoms with E-state index >= 15 is 0 Å². The summed E-state index contributed by atoms with van der Waals surface area (Å²) in [6.07, 6.45) is -0.828. The minimum absolute atomic E-state index is 0.0215. The normalized spacial score (nSPS) is 11.8. The Labute approximate surface area is 144 Å². The molecular weight excluding hydrogens is 325 g/mol. The molecule has 6 heteroatoms. The number of hydrogen-bond acceptors (Lipinski definition) is 5. The van der Waals surface area contributed by atoms with Gasteiger partial charge in [-0.15, -0.1) is 0 Å². The Kier molecular flexibility index (Phi) is 5.09. The van der Waals surface area contributed by atoms with E-state index in [0.29, 0.717) is 17.2 Å². The monoisotopic (exact) mass is 341 g/mol. The number of nitrogens with zero attached hydrogens (tertiary/aromatic N) is 1. The summed E-state index contributed by atoms with van der Waals surface area (Å²) in [6.45, 7) is 1.54. The van der Waals surface area contributed by atoms with Crippen LogP contribution < -0.4 is 4.74 Å². The van der Waals surface area contributed by atoms with Gasteiger partial charge < -0.3 is 14.0 Å². The Morgan fingerprint density at radius 1 is 1.16 bits per heavy atom. The van der Waals surface area contributed by atoms with Crippen LogP contribution in [0, 0.1) is 5.82 Å². The molecule has 3 aromatic rings. The van der Waals surface area contributed by atoms with Crippen LogP contribution in [0.2, 0.25) is 0 Å². The topological polar surface area (TPSA) is 61.6 Å². The van der Waals surface area contributed by atoms with Crippen molar-refractivity contribution >= 4 is 5.97 Å². The highest BCUT2D eigenvalue weighted by Gasteiger charge is 2.17. The first-order chi connectivity index (χ1) is 12.1. The number of hydrogen-bond donors (Lipinski definition) is 0. The lowest BCUT2D eigenvalue weighted by Gasteiger charge is -2.13. The number of esters is 1. The minimum atomic E-state index is -0.828. The highest BCUT2D eigenvalue weighted by Crippen LogP contribution is 2.20. The molecule has 1 heterocycles. The molecule has 1 aromatic heterocycles. The zero-order chi connectivity index (χ0) is 17.6. The summed E-state index contributed by atoms with van der Waals surface area (Å²) in [6, 6.07) is 16.6. The van der Waals surface area contributed by atoms with E-state index in [9.17, 15) is 9.18 Å². The van der Waals surface area contributed by atoms with Gasteiger partial charge in [0.15, 0.2) is 11.9 Å². The molecule has 1 unspecified atom stereocenters. The number of aromatic nitrogens is 1. The molecule has 1 atom stereocenters. The van der Waals surface area contributed by atoms with Gasteiger partial charge in [-0.1, -0.05) is 35.5 Å². The lowest BCUT2D eigenvalue weighted by molar-refractivity contribution is -0.152. The molecular formula is C19H16FNO4. The van der Waals surface area contributed by atoms with Crippen molar-refractivity contribution < 1.29 is 23.2 Å². The maximum absolute atomic E-state index is 12.9. The van der Waals surface area contributed by atoms with E-state index < -0.39 is 12.1 Å². The van der Waals surface area contributed by atoms with E-state index in [4.69, 9.17) is 14.0 Å². The van der Waals surface area contributed by atoms with Crippen LogP contribution in [-0.4, -0.2) is 17.2 Å². The number of rotatable bonds is 6. The van der Waals surface area contributed by atoms with E-state index in [1.165, 1.54) is 24.3 Å². The highest BCUT2D eigenvalue weighted by molar-refractivity contribution is 5.74. The van der Waals surface area contributed by atoms with Crippen molar-refractivity contribution in [1.82, 2.24) is 5.16 Å². The molecule has 0 aliphatic rings. The summed E-state index contributed by atoms with van der Waals surface area (Å²) in [5.74, 6) is 0.0670. The van der Waals surface area contributed by atoms with Gasteiger partial charge in [0, 0.05) is 11.6 Å². The fourth-order valence-corrected chi connectivity index (χ4v) is 2.15. The van der Waals surface area contributed by atoms with Crippen LogP contribution in [0.15, 0.2) is 65.2 Å². The Morgan fingerprint density at radius 2 is 1.88 bits per heavy atom. The van der Waals surface area contributed by atoms with E-state index in [2.05, 4.69) is 5.16 Å². The van der Waals surface area contributed by atoms with Gasteiger partial charge in [0.05, 0.1) is 0 Å². The molecule has 0 aliphatic heterocycles. The average molecular weight is 341 g/mol. The van der Waals surface area contributed by atoms with Crippen molar-refractivity contribution in [3.8, 4) is 17.1 Å². The molecule has 0 fully saturated rings. The predicted molar refractivity (Wildman–Crippen MR) is 88.2 cm³/mol. The molecule has 0 radical (unpaired) electrons. The number of benzene rings is 2. The van der Waals surface area contributed by atoms with E-state index in [-0.39, 0.29) is 12.4 Å². The standard InChI is InChI=1S/C19H16FNO4/c1-13(24-17-9-7-15(20)8-10-17)19(22)23-12-16-11-18(25-21-16)14-5-3-2-4-6-14/h2-11,13H,12H2,1H3. The van der Waals surface area contributed by atoms with Crippen molar-refractivity contribution in [2.24, 2.45) is 0 Å². The first kappa shape index (κ1) is 16.7. The van der Waals surface area contributed by atoms with Gasteiger partial charge in [-0.3, -0.25) is 0 Å². The molecule has 25 heavy (non-hydrogen) atoms. The molecule has 0 saturated carbocycles. The Bertz CT molecular complexity index is 830. The highest BCUT2D eigenvalue weighted by atomic mass is 19.1. The molecule has 0 aliphatic carbocycles. The summed E-state index contributed by atoms with van der Waals surface area (Å²) in [5.41, 5.74) is 1.39. The number of halogens is 1. The smallest absolute Gasteiger partial charge is 0.347 e. The van der Waals surface area contributed by atoms with Gasteiger partial charge in [0.1, 0.15) is 23.9 Å². The number of carbonyl (C=O) groups is 1.